The topological polar surface area (TPSA) is 142 Å². The quantitative estimate of drug-likeness (QED) is 0.200. The number of hydrogen-bond acceptors (Lipinski definition) is 7. The zero-order chi connectivity index (χ0) is 15.5. The average Bonchev–Trinajstić information content (AvgIpc) is 2.47. The predicted molar refractivity (Wildman–Crippen MR) is 71.9 cm³/mol. The fourth-order valence-corrected chi connectivity index (χ4v) is 1.50. The first-order valence-corrected chi connectivity index (χ1v) is 6.74. The lowest BCUT2D eigenvalue weighted by Gasteiger charge is -2.25. The standard InChI is InChI=1S/C12H26N2O6/c1-2-10(18)14-5-3-4-13-6-8(16)11(19)12(20)9(17)7-15/h8-9,11-13,15-17,19-20H,2-7H2,1H3,(H,14,18). The van der Waals surface area contributed by atoms with Crippen molar-refractivity contribution in [1.82, 2.24) is 10.6 Å². The van der Waals surface area contributed by atoms with Gasteiger partial charge >= 0.3 is 0 Å². The minimum absolute atomic E-state index is 0.0259. The molecule has 120 valence electrons. The molecule has 8 heteroatoms. The van der Waals surface area contributed by atoms with Gasteiger partial charge in [-0.15, -0.1) is 0 Å². The Kier molecular flexibility index (Phi) is 10.5. The molecule has 0 fully saturated rings. The van der Waals surface area contributed by atoms with E-state index in [4.69, 9.17) is 10.2 Å². The first-order valence-electron chi connectivity index (χ1n) is 6.74. The van der Waals surface area contributed by atoms with Crippen LogP contribution >= 0.6 is 0 Å². The highest BCUT2D eigenvalue weighted by atomic mass is 16.4. The summed E-state index contributed by atoms with van der Waals surface area (Å²) in [5.74, 6) is -0.0263. The highest BCUT2D eigenvalue weighted by molar-refractivity contribution is 5.75. The lowest BCUT2D eigenvalue weighted by Crippen LogP contribution is -2.49. The Bertz CT molecular complexity index is 266. The molecule has 0 aliphatic rings. The second-order valence-electron chi connectivity index (χ2n) is 4.56. The summed E-state index contributed by atoms with van der Waals surface area (Å²) in [6.45, 7) is 2.13. The van der Waals surface area contributed by atoms with Crippen LogP contribution in [0.3, 0.4) is 0 Å². The molecule has 0 saturated heterocycles. The van der Waals surface area contributed by atoms with Crippen LogP contribution in [0, 0.1) is 0 Å². The molecule has 0 saturated carbocycles. The second-order valence-corrected chi connectivity index (χ2v) is 4.56. The molecule has 0 heterocycles. The minimum atomic E-state index is -1.61. The summed E-state index contributed by atoms with van der Waals surface area (Å²) in [4.78, 5) is 10.9. The Morgan fingerprint density at radius 3 is 2.20 bits per heavy atom. The molecule has 0 aromatic rings. The van der Waals surface area contributed by atoms with Crippen LogP contribution in [0.4, 0.5) is 0 Å². The molecule has 4 atom stereocenters. The molecule has 0 bridgehead atoms. The van der Waals surface area contributed by atoms with Crippen LogP contribution in [-0.2, 0) is 4.79 Å². The van der Waals surface area contributed by atoms with Gasteiger partial charge in [-0.05, 0) is 13.0 Å². The van der Waals surface area contributed by atoms with Crippen LogP contribution in [0.15, 0.2) is 0 Å². The van der Waals surface area contributed by atoms with Crippen LogP contribution in [0.2, 0.25) is 0 Å². The van der Waals surface area contributed by atoms with E-state index in [1.54, 1.807) is 6.92 Å². The SMILES string of the molecule is CCC(=O)NCCCNCC(O)C(O)C(O)C(O)CO. The highest BCUT2D eigenvalue weighted by Gasteiger charge is 2.29. The molecular weight excluding hydrogens is 268 g/mol. The van der Waals surface area contributed by atoms with Crippen molar-refractivity contribution in [2.24, 2.45) is 0 Å². The molecule has 8 nitrogen and oxygen atoms in total. The van der Waals surface area contributed by atoms with E-state index in [2.05, 4.69) is 10.6 Å². The number of hydrogen-bond donors (Lipinski definition) is 7. The molecule has 0 spiro atoms. The molecule has 0 radical (unpaired) electrons. The summed E-state index contributed by atoms with van der Waals surface area (Å²) in [7, 11) is 0. The van der Waals surface area contributed by atoms with Gasteiger partial charge in [-0.2, -0.15) is 0 Å². The van der Waals surface area contributed by atoms with E-state index in [0.29, 0.717) is 25.9 Å². The monoisotopic (exact) mass is 294 g/mol. The number of carbonyl (C=O) groups excluding carboxylic acids is 1. The first kappa shape index (κ1) is 19.2. The van der Waals surface area contributed by atoms with E-state index in [1.165, 1.54) is 0 Å². The summed E-state index contributed by atoms with van der Waals surface area (Å²) in [5, 5.41) is 51.8. The predicted octanol–water partition coefficient (Wildman–Crippen LogP) is -3.07. The maximum atomic E-state index is 10.9. The van der Waals surface area contributed by atoms with Gasteiger partial charge in [-0.3, -0.25) is 4.79 Å². The maximum Gasteiger partial charge on any atom is 0.219 e. The summed E-state index contributed by atoms with van der Waals surface area (Å²) in [5.41, 5.74) is 0. The van der Waals surface area contributed by atoms with Crippen molar-refractivity contribution in [2.45, 2.75) is 44.2 Å². The van der Waals surface area contributed by atoms with Crippen molar-refractivity contribution in [3.8, 4) is 0 Å². The number of nitrogens with one attached hydrogen (secondary N) is 2. The summed E-state index contributed by atoms with van der Waals surface area (Å²) in [6.07, 6.45) is -4.83. The van der Waals surface area contributed by atoms with Gasteiger partial charge in [0.05, 0.1) is 12.7 Å². The molecule has 0 aromatic heterocycles. The van der Waals surface area contributed by atoms with Crippen LogP contribution in [-0.4, -0.2) is 82.1 Å². The Morgan fingerprint density at radius 1 is 1.05 bits per heavy atom. The largest absolute Gasteiger partial charge is 0.394 e. The molecule has 0 aliphatic carbocycles. The molecule has 0 rings (SSSR count). The first-order chi connectivity index (χ1) is 9.43. The third-order valence-electron chi connectivity index (χ3n) is 2.85. The van der Waals surface area contributed by atoms with E-state index >= 15 is 0 Å². The molecule has 0 aromatic carbocycles. The lowest BCUT2D eigenvalue weighted by atomic mass is 10.0. The Morgan fingerprint density at radius 2 is 1.65 bits per heavy atom. The van der Waals surface area contributed by atoms with Gasteiger partial charge in [-0.1, -0.05) is 6.92 Å². The van der Waals surface area contributed by atoms with Gasteiger partial charge < -0.3 is 36.2 Å². The maximum absolute atomic E-state index is 10.9. The van der Waals surface area contributed by atoms with Crippen LogP contribution in [0.25, 0.3) is 0 Å². The van der Waals surface area contributed by atoms with Crippen molar-refractivity contribution >= 4 is 5.91 Å². The van der Waals surface area contributed by atoms with E-state index in [-0.39, 0.29) is 12.5 Å². The van der Waals surface area contributed by atoms with Gasteiger partial charge in [0.1, 0.15) is 18.3 Å². The molecule has 1 amide bonds. The van der Waals surface area contributed by atoms with Gasteiger partial charge in [0, 0.05) is 19.5 Å². The van der Waals surface area contributed by atoms with E-state index < -0.39 is 31.0 Å². The van der Waals surface area contributed by atoms with E-state index in [0.717, 1.165) is 0 Å². The summed E-state index contributed by atoms with van der Waals surface area (Å²) in [6, 6.07) is 0. The summed E-state index contributed by atoms with van der Waals surface area (Å²) < 4.78 is 0. The van der Waals surface area contributed by atoms with Gasteiger partial charge in [0.15, 0.2) is 0 Å². The number of aliphatic hydroxyl groups excluding tert-OH is 5. The van der Waals surface area contributed by atoms with Crippen molar-refractivity contribution in [2.75, 3.05) is 26.2 Å². The van der Waals surface area contributed by atoms with Crippen LogP contribution in [0.5, 0.6) is 0 Å². The van der Waals surface area contributed by atoms with E-state index in [1.807, 2.05) is 0 Å². The number of rotatable bonds is 11. The minimum Gasteiger partial charge on any atom is -0.394 e. The zero-order valence-electron chi connectivity index (χ0n) is 11.7. The number of aliphatic hydroxyl groups is 5. The van der Waals surface area contributed by atoms with Crippen molar-refractivity contribution < 1.29 is 30.3 Å². The number of carbonyl (C=O) groups is 1. The van der Waals surface area contributed by atoms with Crippen LogP contribution < -0.4 is 10.6 Å². The molecule has 20 heavy (non-hydrogen) atoms. The molecular formula is C12H26N2O6. The van der Waals surface area contributed by atoms with Gasteiger partial charge in [0.2, 0.25) is 5.91 Å². The van der Waals surface area contributed by atoms with Crippen molar-refractivity contribution in [3.05, 3.63) is 0 Å². The smallest absolute Gasteiger partial charge is 0.219 e. The van der Waals surface area contributed by atoms with Crippen LogP contribution in [0.1, 0.15) is 19.8 Å². The van der Waals surface area contributed by atoms with Crippen molar-refractivity contribution in [3.63, 3.8) is 0 Å². The molecule has 4 unspecified atom stereocenters. The lowest BCUT2D eigenvalue weighted by molar-refractivity contribution is -0.120. The summed E-state index contributed by atoms with van der Waals surface area (Å²) >= 11 is 0. The zero-order valence-corrected chi connectivity index (χ0v) is 11.7. The Labute approximate surface area is 118 Å². The molecule has 7 N–H and O–H groups in total. The third kappa shape index (κ3) is 7.73. The van der Waals surface area contributed by atoms with Gasteiger partial charge in [0.25, 0.3) is 0 Å². The van der Waals surface area contributed by atoms with Crippen molar-refractivity contribution in [1.29, 1.82) is 0 Å². The average molecular weight is 294 g/mol. The Hall–Kier alpha value is -0.770. The Balaban J connectivity index is 3.71. The molecule has 0 aliphatic heterocycles. The fourth-order valence-electron chi connectivity index (χ4n) is 1.50. The third-order valence-corrected chi connectivity index (χ3v) is 2.85. The van der Waals surface area contributed by atoms with E-state index in [9.17, 15) is 20.1 Å². The fraction of sp³-hybridized carbons (Fsp3) is 0.917. The van der Waals surface area contributed by atoms with Gasteiger partial charge in [-0.25, -0.2) is 0 Å². The normalized spacial score (nSPS) is 17.3. The second kappa shape index (κ2) is 11.0. The highest BCUT2D eigenvalue weighted by Crippen LogP contribution is 2.04. The number of amides is 1.